The van der Waals surface area contributed by atoms with Crippen molar-refractivity contribution in [2.75, 3.05) is 0 Å². The van der Waals surface area contributed by atoms with Crippen molar-refractivity contribution >= 4 is 5.97 Å². The summed E-state index contributed by atoms with van der Waals surface area (Å²) in [5.41, 5.74) is 0. The third-order valence-corrected chi connectivity index (χ3v) is 2.70. The number of hydrogen-bond donors (Lipinski definition) is 4. The van der Waals surface area contributed by atoms with E-state index in [1.54, 1.807) is 6.07 Å². The van der Waals surface area contributed by atoms with Gasteiger partial charge in [-0.3, -0.25) is 4.98 Å². The van der Waals surface area contributed by atoms with Gasteiger partial charge >= 0.3 is 5.97 Å². The van der Waals surface area contributed by atoms with E-state index in [-0.39, 0.29) is 5.75 Å². The molecule has 5 unspecified atom stereocenters. The highest BCUT2D eigenvalue weighted by Gasteiger charge is 2.48. The molecule has 104 valence electrons. The summed E-state index contributed by atoms with van der Waals surface area (Å²) < 4.78 is 10.1. The van der Waals surface area contributed by atoms with E-state index in [0.717, 1.165) is 0 Å². The lowest BCUT2D eigenvalue weighted by molar-refractivity contribution is -0.271. The molecule has 5 atom stereocenters. The first kappa shape index (κ1) is 13.7. The summed E-state index contributed by atoms with van der Waals surface area (Å²) in [6, 6.07) is 3.10. The Kier molecular flexibility index (Phi) is 3.96. The summed E-state index contributed by atoms with van der Waals surface area (Å²) in [4.78, 5) is 14.6. The van der Waals surface area contributed by atoms with Crippen LogP contribution < -0.4 is 4.74 Å². The summed E-state index contributed by atoms with van der Waals surface area (Å²) in [6.07, 6.45) is -5.25. The minimum absolute atomic E-state index is 0.235. The molecule has 1 aromatic heterocycles. The monoisotopic (exact) mass is 271 g/mol. The van der Waals surface area contributed by atoms with Gasteiger partial charge in [0.1, 0.15) is 24.1 Å². The summed E-state index contributed by atoms with van der Waals surface area (Å²) in [5.74, 6) is -1.22. The van der Waals surface area contributed by atoms with E-state index in [1.807, 2.05) is 0 Å². The molecule has 2 rings (SSSR count). The van der Waals surface area contributed by atoms with Gasteiger partial charge in [0.25, 0.3) is 0 Å². The molecule has 8 heteroatoms. The summed E-state index contributed by atoms with van der Waals surface area (Å²) >= 11 is 0. The quantitative estimate of drug-likeness (QED) is 0.514. The van der Waals surface area contributed by atoms with Gasteiger partial charge < -0.3 is 29.9 Å². The molecule has 0 aromatic carbocycles. The third-order valence-electron chi connectivity index (χ3n) is 2.70. The first-order chi connectivity index (χ1) is 9.00. The predicted molar refractivity (Wildman–Crippen MR) is 59.2 cm³/mol. The Bertz CT molecular complexity index is 440. The molecule has 0 amide bonds. The van der Waals surface area contributed by atoms with Crippen molar-refractivity contribution in [3.63, 3.8) is 0 Å². The van der Waals surface area contributed by atoms with Gasteiger partial charge in [-0.25, -0.2) is 4.79 Å². The van der Waals surface area contributed by atoms with Crippen molar-refractivity contribution in [3.05, 3.63) is 24.5 Å². The maximum atomic E-state index is 10.9. The average Bonchev–Trinajstić information content (AvgIpc) is 2.40. The normalized spacial score (nSPS) is 34.8. The number of carbonyl (C=O) groups is 1. The number of pyridine rings is 1. The maximum absolute atomic E-state index is 10.9. The van der Waals surface area contributed by atoms with Crippen LogP contribution in [-0.4, -0.2) is 62.1 Å². The largest absolute Gasteiger partial charge is 0.479 e. The fourth-order valence-electron chi connectivity index (χ4n) is 1.70. The van der Waals surface area contributed by atoms with Crippen LogP contribution in [0.4, 0.5) is 0 Å². The van der Waals surface area contributed by atoms with Crippen LogP contribution in [-0.2, 0) is 9.53 Å². The van der Waals surface area contributed by atoms with Crippen molar-refractivity contribution in [1.82, 2.24) is 4.98 Å². The number of rotatable bonds is 3. The Morgan fingerprint density at radius 2 is 2.00 bits per heavy atom. The number of carboxylic acid groups (broad SMARTS) is 1. The lowest BCUT2D eigenvalue weighted by atomic mass is 9.99. The van der Waals surface area contributed by atoms with Crippen LogP contribution in [0.5, 0.6) is 5.75 Å². The number of nitrogens with zero attached hydrogens (tertiary/aromatic N) is 1. The van der Waals surface area contributed by atoms with Gasteiger partial charge in [-0.05, 0) is 12.1 Å². The molecule has 1 aliphatic rings. The van der Waals surface area contributed by atoms with Gasteiger partial charge in [0, 0.05) is 6.20 Å². The molecule has 0 aliphatic carbocycles. The molecule has 0 spiro atoms. The second-order valence-electron chi connectivity index (χ2n) is 4.04. The number of aromatic nitrogens is 1. The van der Waals surface area contributed by atoms with E-state index >= 15 is 0 Å². The van der Waals surface area contributed by atoms with Gasteiger partial charge in [0.2, 0.25) is 6.29 Å². The van der Waals surface area contributed by atoms with Crippen molar-refractivity contribution in [2.45, 2.75) is 30.7 Å². The van der Waals surface area contributed by atoms with E-state index < -0.39 is 36.7 Å². The topological polar surface area (TPSA) is 129 Å². The molecule has 1 aromatic rings. The average molecular weight is 271 g/mol. The smallest absolute Gasteiger partial charge is 0.335 e. The Balaban J connectivity index is 2.13. The first-order valence-corrected chi connectivity index (χ1v) is 5.50. The van der Waals surface area contributed by atoms with Crippen molar-refractivity contribution in [1.29, 1.82) is 0 Å². The zero-order chi connectivity index (χ0) is 14.0. The Morgan fingerprint density at radius 1 is 1.26 bits per heavy atom. The number of ether oxygens (including phenoxy) is 2. The highest BCUT2D eigenvalue weighted by Crippen LogP contribution is 2.23. The van der Waals surface area contributed by atoms with Gasteiger partial charge in [-0.1, -0.05) is 0 Å². The Hall–Kier alpha value is -1.74. The molecule has 1 aliphatic heterocycles. The number of aliphatic carboxylic acids is 1. The number of aliphatic hydroxyl groups excluding tert-OH is 3. The molecule has 8 nitrogen and oxygen atoms in total. The summed E-state index contributed by atoms with van der Waals surface area (Å²) in [7, 11) is 0. The van der Waals surface area contributed by atoms with E-state index in [9.17, 15) is 20.1 Å². The molecule has 1 saturated heterocycles. The minimum Gasteiger partial charge on any atom is -0.479 e. The van der Waals surface area contributed by atoms with Gasteiger partial charge in [0.15, 0.2) is 6.10 Å². The summed E-state index contributed by atoms with van der Waals surface area (Å²) in [5, 5.41) is 37.6. The van der Waals surface area contributed by atoms with Crippen LogP contribution in [0.3, 0.4) is 0 Å². The van der Waals surface area contributed by atoms with Crippen molar-refractivity contribution in [3.8, 4) is 5.75 Å². The Morgan fingerprint density at radius 3 is 2.58 bits per heavy atom. The fourth-order valence-corrected chi connectivity index (χ4v) is 1.70. The SMILES string of the molecule is O=C(O)C1OC(Oc2cccnc2)C(O)C(O)C1O. The zero-order valence-electron chi connectivity index (χ0n) is 9.66. The standard InChI is InChI=1S/C11H13NO7/c13-6-7(14)9(10(16)17)19-11(8(6)15)18-5-2-1-3-12-4-5/h1-4,6-9,11,13-15H,(H,16,17). The van der Waals surface area contributed by atoms with Crippen molar-refractivity contribution < 1.29 is 34.7 Å². The molecule has 19 heavy (non-hydrogen) atoms. The lowest BCUT2D eigenvalue weighted by Gasteiger charge is -2.38. The van der Waals surface area contributed by atoms with E-state index in [2.05, 4.69) is 4.98 Å². The zero-order valence-corrected chi connectivity index (χ0v) is 9.66. The molecular weight excluding hydrogens is 258 g/mol. The van der Waals surface area contributed by atoms with Crippen LogP contribution in [0.1, 0.15) is 0 Å². The third kappa shape index (κ3) is 2.82. The number of aliphatic hydroxyl groups is 3. The molecule has 4 N–H and O–H groups in total. The fraction of sp³-hybridized carbons (Fsp3) is 0.455. The van der Waals surface area contributed by atoms with Crippen LogP contribution in [0.2, 0.25) is 0 Å². The number of hydrogen-bond acceptors (Lipinski definition) is 7. The second-order valence-corrected chi connectivity index (χ2v) is 4.04. The van der Waals surface area contributed by atoms with E-state index in [1.165, 1.54) is 18.5 Å². The second kappa shape index (κ2) is 5.49. The maximum Gasteiger partial charge on any atom is 0.335 e. The summed E-state index contributed by atoms with van der Waals surface area (Å²) in [6.45, 7) is 0. The van der Waals surface area contributed by atoms with Gasteiger partial charge in [0.05, 0.1) is 6.20 Å². The van der Waals surface area contributed by atoms with Crippen LogP contribution in [0.25, 0.3) is 0 Å². The van der Waals surface area contributed by atoms with Crippen molar-refractivity contribution in [2.24, 2.45) is 0 Å². The van der Waals surface area contributed by atoms with Gasteiger partial charge in [-0.2, -0.15) is 0 Å². The molecule has 1 fully saturated rings. The lowest BCUT2D eigenvalue weighted by Crippen LogP contribution is -2.61. The van der Waals surface area contributed by atoms with E-state index in [0.29, 0.717) is 0 Å². The minimum atomic E-state index is -1.73. The number of carboxylic acids is 1. The molecule has 2 heterocycles. The molecular formula is C11H13NO7. The van der Waals surface area contributed by atoms with Crippen LogP contribution >= 0.6 is 0 Å². The molecule has 0 saturated carbocycles. The van der Waals surface area contributed by atoms with Crippen LogP contribution in [0.15, 0.2) is 24.5 Å². The first-order valence-electron chi connectivity index (χ1n) is 5.50. The Labute approximate surface area is 107 Å². The van der Waals surface area contributed by atoms with E-state index in [4.69, 9.17) is 14.6 Å². The highest BCUT2D eigenvalue weighted by atomic mass is 16.7. The molecule has 0 radical (unpaired) electrons. The highest BCUT2D eigenvalue weighted by molar-refractivity contribution is 5.73. The van der Waals surface area contributed by atoms with Gasteiger partial charge in [-0.15, -0.1) is 0 Å². The van der Waals surface area contributed by atoms with Crippen LogP contribution in [0, 0.1) is 0 Å². The molecule has 0 bridgehead atoms. The predicted octanol–water partition coefficient (Wildman–Crippen LogP) is -1.65.